The lowest BCUT2D eigenvalue weighted by Crippen LogP contribution is -2.37. The average molecular weight is 479 g/mol. The Labute approximate surface area is 193 Å². The zero-order chi connectivity index (χ0) is 23.6. The molecule has 0 bridgehead atoms. The van der Waals surface area contributed by atoms with Crippen molar-refractivity contribution in [1.29, 1.82) is 0 Å². The van der Waals surface area contributed by atoms with Gasteiger partial charge in [-0.3, -0.25) is 9.69 Å². The molecule has 2 aromatic carbocycles. The average Bonchev–Trinajstić information content (AvgIpc) is 3.24. The fraction of sp³-hybridized carbons (Fsp3) is 0.348. The number of hydrogen-bond acceptors (Lipinski definition) is 5. The Kier molecular flexibility index (Phi) is 6.71. The summed E-state index contributed by atoms with van der Waals surface area (Å²) in [6.07, 6.45) is -3.40. The van der Waals surface area contributed by atoms with Gasteiger partial charge in [-0.25, -0.2) is 0 Å². The first kappa shape index (κ1) is 23.3. The zero-order valence-corrected chi connectivity index (χ0v) is 18.6. The monoisotopic (exact) mass is 478 g/mol. The van der Waals surface area contributed by atoms with Gasteiger partial charge < -0.3 is 9.84 Å². The summed E-state index contributed by atoms with van der Waals surface area (Å²) in [5.41, 5.74) is 1.12. The first-order valence-electron chi connectivity index (χ1n) is 10.5. The van der Waals surface area contributed by atoms with Crippen molar-refractivity contribution in [2.45, 2.75) is 32.5 Å². The predicted octanol–water partition coefficient (Wildman–Crippen LogP) is 5.57. The van der Waals surface area contributed by atoms with E-state index in [0.29, 0.717) is 44.2 Å². The molecule has 3 aromatic rings. The predicted molar refractivity (Wildman–Crippen MR) is 118 cm³/mol. The Bertz CT molecular complexity index is 1120. The maximum atomic E-state index is 12.9. The number of aromatic nitrogens is 2. The van der Waals surface area contributed by atoms with E-state index >= 15 is 0 Å². The highest BCUT2D eigenvalue weighted by atomic mass is 35.5. The molecule has 1 aliphatic heterocycles. The Hall–Kier alpha value is -2.91. The van der Waals surface area contributed by atoms with Gasteiger partial charge in [-0.05, 0) is 51.1 Å². The normalized spacial score (nSPS) is 15.5. The van der Waals surface area contributed by atoms with Crippen LogP contribution in [0.3, 0.4) is 0 Å². The number of alkyl halides is 3. The molecule has 174 valence electrons. The molecule has 2 heterocycles. The molecule has 0 unspecified atom stereocenters. The number of piperidine rings is 1. The molecular formula is C23H22ClF3N4O2. The highest BCUT2D eigenvalue weighted by molar-refractivity contribution is 6.33. The number of likely N-dealkylation sites (tertiary alicyclic amines) is 1. The minimum Gasteiger partial charge on any atom is -0.338 e. The molecule has 4 rings (SSSR count). The van der Waals surface area contributed by atoms with Crippen molar-refractivity contribution in [3.05, 3.63) is 64.5 Å². The molecule has 1 aromatic heterocycles. The van der Waals surface area contributed by atoms with Crippen LogP contribution in [0.15, 0.2) is 47.0 Å². The third-order valence-electron chi connectivity index (χ3n) is 5.65. The summed E-state index contributed by atoms with van der Waals surface area (Å²) in [4.78, 5) is 19.2. The highest BCUT2D eigenvalue weighted by Crippen LogP contribution is 2.34. The van der Waals surface area contributed by atoms with Crippen molar-refractivity contribution >= 4 is 23.2 Å². The fourth-order valence-electron chi connectivity index (χ4n) is 3.72. The van der Waals surface area contributed by atoms with E-state index in [0.717, 1.165) is 29.3 Å². The van der Waals surface area contributed by atoms with E-state index in [4.69, 9.17) is 16.1 Å². The van der Waals surface area contributed by atoms with Gasteiger partial charge in [0.05, 0.1) is 22.8 Å². The second-order valence-corrected chi connectivity index (χ2v) is 8.52. The first-order valence-corrected chi connectivity index (χ1v) is 10.9. The number of benzene rings is 2. The van der Waals surface area contributed by atoms with Crippen molar-refractivity contribution in [2.24, 2.45) is 5.92 Å². The van der Waals surface area contributed by atoms with E-state index in [-0.39, 0.29) is 22.5 Å². The van der Waals surface area contributed by atoms with Crippen molar-refractivity contribution < 1.29 is 22.5 Å². The summed E-state index contributed by atoms with van der Waals surface area (Å²) in [5.74, 6) is 0.356. The summed E-state index contributed by atoms with van der Waals surface area (Å²) in [5, 5.41) is 6.65. The topological polar surface area (TPSA) is 71.3 Å². The fourth-order valence-corrected chi connectivity index (χ4v) is 3.88. The molecule has 1 saturated heterocycles. The van der Waals surface area contributed by atoms with Gasteiger partial charge in [0.1, 0.15) is 0 Å². The summed E-state index contributed by atoms with van der Waals surface area (Å²) in [7, 11) is 0. The number of rotatable bonds is 5. The minimum atomic E-state index is -4.51. The van der Waals surface area contributed by atoms with Crippen LogP contribution in [-0.2, 0) is 17.5 Å². The van der Waals surface area contributed by atoms with Gasteiger partial charge in [-0.1, -0.05) is 46.6 Å². The third-order valence-corrected chi connectivity index (χ3v) is 5.98. The Morgan fingerprint density at radius 1 is 1.18 bits per heavy atom. The highest BCUT2D eigenvalue weighted by Gasteiger charge is 2.32. The number of amides is 1. The maximum absolute atomic E-state index is 12.9. The molecule has 6 nitrogen and oxygen atoms in total. The number of nitrogens with one attached hydrogen (secondary N) is 1. The Balaban J connectivity index is 1.31. The van der Waals surface area contributed by atoms with E-state index < -0.39 is 11.7 Å². The van der Waals surface area contributed by atoms with Crippen LogP contribution in [0.5, 0.6) is 0 Å². The lowest BCUT2D eigenvalue weighted by atomic mass is 9.95. The molecule has 1 aliphatic rings. The number of carbonyl (C=O) groups excluding carboxylic acids is 1. The lowest BCUT2D eigenvalue weighted by Gasteiger charge is -2.30. The lowest BCUT2D eigenvalue weighted by molar-refractivity contribution is -0.137. The molecule has 1 N–H and O–H groups in total. The van der Waals surface area contributed by atoms with Gasteiger partial charge in [0, 0.05) is 11.5 Å². The third kappa shape index (κ3) is 5.72. The Morgan fingerprint density at radius 2 is 1.88 bits per heavy atom. The van der Waals surface area contributed by atoms with Crippen LogP contribution in [0, 0.1) is 12.8 Å². The van der Waals surface area contributed by atoms with Gasteiger partial charge in [0.2, 0.25) is 17.6 Å². The smallest absolute Gasteiger partial charge is 0.338 e. The summed E-state index contributed by atoms with van der Waals surface area (Å²) < 4.78 is 44.2. The number of aryl methyl sites for hydroxylation is 1. The molecular weight excluding hydrogens is 457 g/mol. The van der Waals surface area contributed by atoms with Crippen LogP contribution < -0.4 is 5.32 Å². The molecule has 0 spiro atoms. The van der Waals surface area contributed by atoms with Gasteiger partial charge in [-0.2, -0.15) is 18.2 Å². The first-order chi connectivity index (χ1) is 15.7. The zero-order valence-electron chi connectivity index (χ0n) is 17.8. The molecule has 0 saturated carbocycles. The molecule has 33 heavy (non-hydrogen) atoms. The van der Waals surface area contributed by atoms with E-state index in [1.807, 2.05) is 31.2 Å². The van der Waals surface area contributed by atoms with Crippen LogP contribution in [0.25, 0.3) is 11.4 Å². The second-order valence-electron chi connectivity index (χ2n) is 8.11. The summed E-state index contributed by atoms with van der Waals surface area (Å²) >= 11 is 5.98. The molecule has 0 aliphatic carbocycles. The van der Waals surface area contributed by atoms with Crippen molar-refractivity contribution in [3.8, 4) is 11.4 Å². The maximum Gasteiger partial charge on any atom is 0.416 e. The molecule has 1 amide bonds. The van der Waals surface area contributed by atoms with E-state index in [1.165, 1.54) is 0 Å². The van der Waals surface area contributed by atoms with Gasteiger partial charge in [0.25, 0.3) is 0 Å². The number of hydrogen-bond donors (Lipinski definition) is 1. The minimum absolute atomic E-state index is 0.0339. The summed E-state index contributed by atoms with van der Waals surface area (Å²) in [6.45, 7) is 3.71. The summed E-state index contributed by atoms with van der Waals surface area (Å²) in [6, 6.07) is 10.7. The second kappa shape index (κ2) is 9.52. The van der Waals surface area contributed by atoms with Crippen molar-refractivity contribution in [2.75, 3.05) is 18.4 Å². The standard InChI is InChI=1S/C23H22ClF3N4O2/c1-14-2-4-15(5-3-14)21-29-20(33-30-21)13-31-10-8-16(9-11-31)22(32)28-19-12-17(23(25,26)27)6-7-18(19)24/h2-7,12,16H,8-11,13H2,1H3,(H,28,32). The van der Waals surface area contributed by atoms with E-state index in [9.17, 15) is 18.0 Å². The van der Waals surface area contributed by atoms with E-state index in [2.05, 4.69) is 20.4 Å². The Morgan fingerprint density at radius 3 is 2.55 bits per heavy atom. The van der Waals surface area contributed by atoms with Gasteiger partial charge in [-0.15, -0.1) is 0 Å². The van der Waals surface area contributed by atoms with Crippen LogP contribution in [-0.4, -0.2) is 34.0 Å². The number of anilines is 1. The van der Waals surface area contributed by atoms with E-state index in [1.54, 1.807) is 0 Å². The van der Waals surface area contributed by atoms with Gasteiger partial charge in [0.15, 0.2) is 0 Å². The number of halogens is 4. The molecule has 1 fully saturated rings. The van der Waals surface area contributed by atoms with Crippen LogP contribution in [0.2, 0.25) is 5.02 Å². The van der Waals surface area contributed by atoms with Crippen molar-refractivity contribution in [1.82, 2.24) is 15.0 Å². The quantitative estimate of drug-likeness (QED) is 0.519. The van der Waals surface area contributed by atoms with Gasteiger partial charge >= 0.3 is 6.18 Å². The van der Waals surface area contributed by atoms with Crippen molar-refractivity contribution in [3.63, 3.8) is 0 Å². The number of nitrogens with zero attached hydrogens (tertiary/aromatic N) is 3. The SMILES string of the molecule is Cc1ccc(-c2noc(CN3CCC(C(=O)Nc4cc(C(F)(F)F)ccc4Cl)CC3)n2)cc1. The molecule has 0 atom stereocenters. The molecule has 10 heteroatoms. The largest absolute Gasteiger partial charge is 0.416 e. The van der Waals surface area contributed by atoms with Crippen LogP contribution >= 0.6 is 11.6 Å². The van der Waals surface area contributed by atoms with Crippen LogP contribution in [0.4, 0.5) is 18.9 Å². The van der Waals surface area contributed by atoms with Crippen LogP contribution in [0.1, 0.15) is 29.9 Å². The molecule has 0 radical (unpaired) electrons. The number of carbonyl (C=O) groups is 1.